The molecule has 1 saturated carbocycles. The molecule has 0 spiro atoms. The summed E-state index contributed by atoms with van der Waals surface area (Å²) in [6, 6.07) is 14.5. The lowest BCUT2D eigenvalue weighted by atomic mass is 10.1. The van der Waals surface area contributed by atoms with E-state index < -0.39 is 12.1 Å². The van der Waals surface area contributed by atoms with Gasteiger partial charge in [0.15, 0.2) is 11.5 Å². The molecular weight excluding hydrogens is 370 g/mol. The number of ether oxygens (including phenoxy) is 3. The average molecular weight is 395 g/mol. The molecule has 1 amide bonds. The highest BCUT2D eigenvalue weighted by molar-refractivity contribution is 5.91. The standard InChI is InChI=1S/C23H25NO5/c1-3-28-20-15-16(9-13-19(20)27-2)10-14-21(25)29-22(17-7-5-4-6-8-17)23(26)24-18-11-12-18/h4-10,13-15,18,22H,3,11-12H2,1-2H3,(H,24,26)/b14-10+/t22-/m0/s1. The maximum absolute atomic E-state index is 12.5. The van der Waals surface area contributed by atoms with Crippen LogP contribution < -0.4 is 14.8 Å². The minimum absolute atomic E-state index is 0.180. The van der Waals surface area contributed by atoms with Gasteiger partial charge in [-0.1, -0.05) is 36.4 Å². The molecule has 0 aromatic heterocycles. The normalized spacial score (nSPS) is 14.3. The first-order valence-electron chi connectivity index (χ1n) is 9.65. The molecule has 152 valence electrons. The van der Waals surface area contributed by atoms with Crippen molar-refractivity contribution in [2.75, 3.05) is 13.7 Å². The molecule has 1 fully saturated rings. The van der Waals surface area contributed by atoms with E-state index in [2.05, 4.69) is 5.32 Å². The van der Waals surface area contributed by atoms with Crippen molar-refractivity contribution in [3.63, 3.8) is 0 Å². The van der Waals surface area contributed by atoms with Crippen LogP contribution in [0, 0.1) is 0 Å². The summed E-state index contributed by atoms with van der Waals surface area (Å²) in [6.07, 6.45) is 3.86. The SMILES string of the molecule is CCOc1cc(/C=C/C(=O)O[C@H](C(=O)NC2CC2)c2ccccc2)ccc1OC. The van der Waals surface area contributed by atoms with E-state index >= 15 is 0 Å². The number of rotatable bonds is 9. The van der Waals surface area contributed by atoms with Crippen molar-refractivity contribution in [3.05, 3.63) is 65.7 Å². The summed E-state index contributed by atoms with van der Waals surface area (Å²) in [5.41, 5.74) is 1.39. The van der Waals surface area contributed by atoms with Crippen molar-refractivity contribution in [3.8, 4) is 11.5 Å². The van der Waals surface area contributed by atoms with Gasteiger partial charge >= 0.3 is 5.97 Å². The fourth-order valence-electron chi connectivity index (χ4n) is 2.79. The van der Waals surface area contributed by atoms with Gasteiger partial charge < -0.3 is 19.5 Å². The lowest BCUT2D eigenvalue weighted by molar-refractivity contribution is -0.151. The summed E-state index contributed by atoms with van der Waals surface area (Å²) in [5.74, 6) is 0.311. The second-order valence-electron chi connectivity index (χ2n) is 6.69. The molecule has 1 atom stereocenters. The van der Waals surface area contributed by atoms with E-state index in [1.807, 2.05) is 25.1 Å². The smallest absolute Gasteiger partial charge is 0.331 e. The average Bonchev–Trinajstić information content (AvgIpc) is 3.55. The van der Waals surface area contributed by atoms with Crippen LogP contribution in [0.2, 0.25) is 0 Å². The Balaban J connectivity index is 1.71. The highest BCUT2D eigenvalue weighted by Gasteiger charge is 2.30. The number of carbonyl (C=O) groups excluding carboxylic acids is 2. The van der Waals surface area contributed by atoms with E-state index in [1.165, 1.54) is 6.08 Å². The molecule has 1 aliphatic carbocycles. The van der Waals surface area contributed by atoms with Gasteiger partial charge in [0.1, 0.15) is 0 Å². The molecule has 6 nitrogen and oxygen atoms in total. The Bertz CT molecular complexity index is 874. The van der Waals surface area contributed by atoms with Crippen molar-refractivity contribution in [1.82, 2.24) is 5.32 Å². The molecule has 2 aromatic rings. The maximum atomic E-state index is 12.5. The molecule has 3 rings (SSSR count). The lowest BCUT2D eigenvalue weighted by Gasteiger charge is -2.17. The predicted molar refractivity (Wildman–Crippen MR) is 110 cm³/mol. The number of esters is 1. The Morgan fingerprint density at radius 2 is 1.90 bits per heavy atom. The van der Waals surface area contributed by atoms with Crippen LogP contribution >= 0.6 is 0 Å². The van der Waals surface area contributed by atoms with Gasteiger partial charge in [0.25, 0.3) is 5.91 Å². The molecule has 0 aliphatic heterocycles. The van der Waals surface area contributed by atoms with E-state index in [0.717, 1.165) is 18.4 Å². The van der Waals surface area contributed by atoms with Crippen molar-refractivity contribution >= 4 is 18.0 Å². The monoisotopic (exact) mass is 395 g/mol. The summed E-state index contributed by atoms with van der Waals surface area (Å²) in [6.45, 7) is 2.39. The zero-order chi connectivity index (χ0) is 20.6. The van der Waals surface area contributed by atoms with Crippen LogP contribution in [0.15, 0.2) is 54.6 Å². The highest BCUT2D eigenvalue weighted by Crippen LogP contribution is 2.28. The molecule has 2 aromatic carbocycles. The fourth-order valence-corrected chi connectivity index (χ4v) is 2.79. The Morgan fingerprint density at radius 3 is 2.55 bits per heavy atom. The van der Waals surface area contributed by atoms with Crippen LogP contribution in [0.1, 0.15) is 37.0 Å². The summed E-state index contributed by atoms with van der Waals surface area (Å²) >= 11 is 0. The zero-order valence-corrected chi connectivity index (χ0v) is 16.6. The van der Waals surface area contributed by atoms with E-state index in [-0.39, 0.29) is 11.9 Å². The first kappa shape index (κ1) is 20.5. The van der Waals surface area contributed by atoms with Crippen molar-refractivity contribution < 1.29 is 23.8 Å². The van der Waals surface area contributed by atoms with Crippen molar-refractivity contribution in [2.24, 2.45) is 0 Å². The van der Waals surface area contributed by atoms with Gasteiger partial charge in [-0.25, -0.2) is 4.79 Å². The topological polar surface area (TPSA) is 73.9 Å². The van der Waals surface area contributed by atoms with Gasteiger partial charge in [0.05, 0.1) is 13.7 Å². The number of methoxy groups -OCH3 is 1. The van der Waals surface area contributed by atoms with Crippen molar-refractivity contribution in [2.45, 2.75) is 31.9 Å². The minimum atomic E-state index is -0.983. The second kappa shape index (κ2) is 9.78. The van der Waals surface area contributed by atoms with Gasteiger partial charge in [-0.2, -0.15) is 0 Å². The van der Waals surface area contributed by atoms with E-state index in [9.17, 15) is 9.59 Å². The number of nitrogens with one attached hydrogen (secondary N) is 1. The van der Waals surface area contributed by atoms with Crippen LogP contribution in [0.25, 0.3) is 6.08 Å². The Morgan fingerprint density at radius 1 is 1.14 bits per heavy atom. The quantitative estimate of drug-likeness (QED) is 0.518. The number of hydrogen-bond acceptors (Lipinski definition) is 5. The molecular formula is C23H25NO5. The first-order valence-corrected chi connectivity index (χ1v) is 9.65. The van der Waals surface area contributed by atoms with Gasteiger partial charge in [-0.3, -0.25) is 4.79 Å². The zero-order valence-electron chi connectivity index (χ0n) is 16.6. The van der Waals surface area contributed by atoms with Crippen molar-refractivity contribution in [1.29, 1.82) is 0 Å². The van der Waals surface area contributed by atoms with Crippen LogP contribution in [-0.2, 0) is 14.3 Å². The number of hydrogen-bond donors (Lipinski definition) is 1. The van der Waals surface area contributed by atoms with E-state index in [1.54, 1.807) is 43.5 Å². The van der Waals surface area contributed by atoms with Gasteiger partial charge in [0.2, 0.25) is 6.10 Å². The van der Waals surface area contributed by atoms with E-state index in [0.29, 0.717) is 23.7 Å². The van der Waals surface area contributed by atoms with Gasteiger partial charge in [-0.15, -0.1) is 0 Å². The van der Waals surface area contributed by atoms with Gasteiger partial charge in [-0.05, 0) is 43.5 Å². The second-order valence-corrected chi connectivity index (χ2v) is 6.69. The third-order valence-corrected chi connectivity index (χ3v) is 4.40. The molecule has 0 radical (unpaired) electrons. The lowest BCUT2D eigenvalue weighted by Crippen LogP contribution is -2.33. The summed E-state index contributed by atoms with van der Waals surface area (Å²) in [4.78, 5) is 24.9. The third-order valence-electron chi connectivity index (χ3n) is 4.40. The van der Waals surface area contributed by atoms with E-state index in [4.69, 9.17) is 14.2 Å². The number of carbonyl (C=O) groups is 2. The number of benzene rings is 2. The third kappa shape index (κ3) is 5.85. The molecule has 1 aliphatic rings. The van der Waals surface area contributed by atoms with Gasteiger partial charge in [0, 0.05) is 17.7 Å². The largest absolute Gasteiger partial charge is 0.493 e. The Kier molecular flexibility index (Phi) is 6.89. The summed E-state index contributed by atoms with van der Waals surface area (Å²) in [5, 5.41) is 2.90. The minimum Gasteiger partial charge on any atom is -0.493 e. The highest BCUT2D eigenvalue weighted by atomic mass is 16.5. The van der Waals surface area contributed by atoms with Crippen LogP contribution in [0.5, 0.6) is 11.5 Å². The Labute approximate surface area is 170 Å². The molecule has 0 unspecified atom stereocenters. The molecule has 0 saturated heterocycles. The molecule has 1 N–H and O–H groups in total. The summed E-state index contributed by atoms with van der Waals surface area (Å²) in [7, 11) is 1.57. The molecule has 0 bridgehead atoms. The fraction of sp³-hybridized carbons (Fsp3) is 0.304. The molecule has 0 heterocycles. The molecule has 29 heavy (non-hydrogen) atoms. The number of amides is 1. The van der Waals surface area contributed by atoms with Crippen LogP contribution in [0.3, 0.4) is 0 Å². The predicted octanol–water partition coefficient (Wildman–Crippen LogP) is 3.67. The molecule has 6 heteroatoms. The van der Waals surface area contributed by atoms with Crippen LogP contribution in [0.4, 0.5) is 0 Å². The van der Waals surface area contributed by atoms with Crippen LogP contribution in [-0.4, -0.2) is 31.6 Å². The Hall–Kier alpha value is -3.28. The first-order chi connectivity index (χ1) is 14.1. The maximum Gasteiger partial charge on any atom is 0.331 e. The summed E-state index contributed by atoms with van der Waals surface area (Å²) < 4.78 is 16.3.